The highest BCUT2D eigenvalue weighted by molar-refractivity contribution is 7.09. The molecule has 0 saturated heterocycles. The molecular weight excluding hydrogens is 507 g/mol. The fraction of sp³-hybridized carbons (Fsp3) is 0.593. The lowest BCUT2D eigenvalue weighted by Gasteiger charge is -2.34. The molecule has 206 valence electrons. The van der Waals surface area contributed by atoms with Gasteiger partial charge in [-0.1, -0.05) is 45.9 Å². The lowest BCUT2D eigenvalue weighted by molar-refractivity contribution is -0.154. The minimum Gasteiger partial charge on any atom is -0.457 e. The normalized spacial score (nSPS) is 31.4. The first-order valence-electron chi connectivity index (χ1n) is 12.2. The number of thiazole rings is 1. The Bertz CT molecular complexity index is 1060. The summed E-state index contributed by atoms with van der Waals surface area (Å²) in [6, 6.07) is 0. The van der Waals surface area contributed by atoms with E-state index in [0.29, 0.717) is 11.3 Å². The van der Waals surface area contributed by atoms with Crippen molar-refractivity contribution in [2.24, 2.45) is 17.3 Å². The topological polar surface area (TPSA) is 96.7 Å². The zero-order valence-electron chi connectivity index (χ0n) is 22.0. The number of Topliss-reactive ketones (excluding diaryl/α,β-unsaturated/α-hetero) is 1. The number of nitrogens with zero attached hydrogens (tertiary/aromatic N) is 1. The summed E-state index contributed by atoms with van der Waals surface area (Å²) in [5.74, 6) is -2.85. The second-order valence-corrected chi connectivity index (χ2v) is 11.3. The lowest BCUT2D eigenvalue weighted by Crippen LogP contribution is -2.45. The Hall–Kier alpha value is -2.30. The van der Waals surface area contributed by atoms with Crippen LogP contribution in [0, 0.1) is 24.2 Å². The summed E-state index contributed by atoms with van der Waals surface area (Å²) in [6.07, 6.45) is -4.04. The zero-order valence-corrected chi connectivity index (χ0v) is 22.8. The number of carbonyl (C=O) groups is 2. The predicted octanol–water partition coefficient (Wildman–Crippen LogP) is 5.58. The van der Waals surface area contributed by atoms with Gasteiger partial charge in [-0.3, -0.25) is 9.59 Å². The average Bonchev–Trinajstić information content (AvgIpc) is 3.21. The van der Waals surface area contributed by atoms with E-state index in [1.807, 2.05) is 6.92 Å². The van der Waals surface area contributed by atoms with Crippen LogP contribution in [0.3, 0.4) is 0 Å². The molecule has 37 heavy (non-hydrogen) atoms. The van der Waals surface area contributed by atoms with Crippen LogP contribution in [0.15, 0.2) is 34.8 Å². The highest BCUT2D eigenvalue weighted by Gasteiger charge is 2.42. The SMILES string of the molecule is C/C(=C\c1csc(C)n1)[C@H]1C/C=C(/C(F)(F)F)C/C=C/[C@H](C)[C@H](O)[C@@H](C)C(=O)C(C)(C)[C@@H](O)CC(=O)O1. The number of aromatic nitrogens is 1. The van der Waals surface area contributed by atoms with Gasteiger partial charge in [0.15, 0.2) is 0 Å². The van der Waals surface area contributed by atoms with Gasteiger partial charge < -0.3 is 14.9 Å². The number of ketones is 1. The highest BCUT2D eigenvalue weighted by atomic mass is 32.1. The third kappa shape index (κ3) is 8.35. The summed E-state index contributed by atoms with van der Waals surface area (Å²) in [7, 11) is 0. The van der Waals surface area contributed by atoms with E-state index in [1.165, 1.54) is 44.3 Å². The molecule has 0 aliphatic carbocycles. The van der Waals surface area contributed by atoms with Crippen molar-refractivity contribution in [2.45, 2.75) is 85.3 Å². The van der Waals surface area contributed by atoms with Gasteiger partial charge in [-0.15, -0.1) is 11.3 Å². The number of aryl methyl sites for hydroxylation is 1. The van der Waals surface area contributed by atoms with Gasteiger partial charge in [-0.05, 0) is 31.9 Å². The van der Waals surface area contributed by atoms with Crippen LogP contribution >= 0.6 is 11.3 Å². The maximum Gasteiger partial charge on any atom is 0.412 e. The van der Waals surface area contributed by atoms with Crippen LogP contribution in [0.4, 0.5) is 13.2 Å². The molecule has 0 radical (unpaired) electrons. The second kappa shape index (κ2) is 12.5. The van der Waals surface area contributed by atoms with Gasteiger partial charge in [-0.2, -0.15) is 13.2 Å². The molecule has 1 aromatic heterocycles. The molecule has 2 rings (SSSR count). The number of rotatable bonds is 2. The summed E-state index contributed by atoms with van der Waals surface area (Å²) in [5.41, 5.74) is -1.11. The number of hydrogen-bond acceptors (Lipinski definition) is 7. The minimum absolute atomic E-state index is 0.243. The molecule has 0 aromatic carbocycles. The van der Waals surface area contributed by atoms with E-state index in [4.69, 9.17) is 4.74 Å². The Balaban J connectivity index is 2.50. The summed E-state index contributed by atoms with van der Waals surface area (Å²) in [5, 5.41) is 24.0. The first-order valence-corrected chi connectivity index (χ1v) is 13.0. The molecule has 0 bridgehead atoms. The maximum atomic E-state index is 13.8. The molecule has 0 saturated carbocycles. The number of alkyl halides is 3. The average molecular weight is 544 g/mol. The molecule has 5 atom stereocenters. The monoisotopic (exact) mass is 543 g/mol. The molecule has 1 aliphatic rings. The van der Waals surface area contributed by atoms with E-state index >= 15 is 0 Å². The molecule has 0 spiro atoms. The number of cyclic esters (lactones) is 1. The molecule has 0 fully saturated rings. The summed E-state index contributed by atoms with van der Waals surface area (Å²) in [4.78, 5) is 30.2. The molecule has 1 aliphatic heterocycles. The fourth-order valence-electron chi connectivity index (χ4n) is 4.17. The Morgan fingerprint density at radius 3 is 2.46 bits per heavy atom. The third-order valence-electron chi connectivity index (χ3n) is 6.81. The van der Waals surface area contributed by atoms with Crippen LogP contribution in [-0.4, -0.2) is 51.4 Å². The van der Waals surface area contributed by atoms with Gasteiger partial charge >= 0.3 is 12.1 Å². The quantitative estimate of drug-likeness (QED) is 0.373. The van der Waals surface area contributed by atoms with Crippen molar-refractivity contribution in [1.29, 1.82) is 0 Å². The zero-order chi connectivity index (χ0) is 28.1. The number of carbonyl (C=O) groups excluding carboxylic acids is 2. The van der Waals surface area contributed by atoms with Crippen molar-refractivity contribution >= 4 is 29.2 Å². The Kier molecular flexibility index (Phi) is 10.4. The minimum atomic E-state index is -4.61. The van der Waals surface area contributed by atoms with E-state index in [9.17, 15) is 33.0 Å². The van der Waals surface area contributed by atoms with Gasteiger partial charge in [0.2, 0.25) is 0 Å². The largest absolute Gasteiger partial charge is 0.457 e. The summed E-state index contributed by atoms with van der Waals surface area (Å²) in [6.45, 7) is 9.55. The van der Waals surface area contributed by atoms with Gasteiger partial charge in [0, 0.05) is 29.2 Å². The van der Waals surface area contributed by atoms with Crippen molar-refractivity contribution in [2.75, 3.05) is 0 Å². The van der Waals surface area contributed by atoms with Crippen molar-refractivity contribution in [3.05, 3.63) is 45.5 Å². The van der Waals surface area contributed by atoms with Crippen LogP contribution in [-0.2, 0) is 14.3 Å². The molecule has 2 N–H and O–H groups in total. The van der Waals surface area contributed by atoms with Gasteiger partial charge in [0.1, 0.15) is 11.9 Å². The van der Waals surface area contributed by atoms with Crippen LogP contribution in [0.2, 0.25) is 0 Å². The van der Waals surface area contributed by atoms with E-state index in [-0.39, 0.29) is 6.42 Å². The predicted molar refractivity (Wildman–Crippen MR) is 137 cm³/mol. The van der Waals surface area contributed by atoms with Crippen molar-refractivity contribution < 1.29 is 37.7 Å². The lowest BCUT2D eigenvalue weighted by atomic mass is 9.73. The highest BCUT2D eigenvalue weighted by Crippen LogP contribution is 2.33. The molecule has 6 nitrogen and oxygen atoms in total. The molecule has 0 amide bonds. The number of ether oxygens (including phenoxy) is 1. The first-order chi connectivity index (χ1) is 17.0. The smallest absolute Gasteiger partial charge is 0.412 e. The van der Waals surface area contributed by atoms with Crippen molar-refractivity contribution in [3.8, 4) is 0 Å². The second-order valence-electron chi connectivity index (χ2n) is 10.2. The van der Waals surface area contributed by atoms with Crippen LogP contribution < -0.4 is 0 Å². The molecular formula is C27H36F3NO5S. The van der Waals surface area contributed by atoms with E-state index in [2.05, 4.69) is 4.98 Å². The van der Waals surface area contributed by atoms with E-state index in [0.717, 1.165) is 11.1 Å². The first kappa shape index (κ1) is 30.9. The molecule has 1 aromatic rings. The third-order valence-corrected chi connectivity index (χ3v) is 7.60. The fourth-order valence-corrected chi connectivity index (χ4v) is 4.74. The molecule has 10 heteroatoms. The van der Waals surface area contributed by atoms with Gasteiger partial charge in [0.25, 0.3) is 0 Å². The Morgan fingerprint density at radius 2 is 1.89 bits per heavy atom. The van der Waals surface area contributed by atoms with E-state index < -0.39 is 71.9 Å². The van der Waals surface area contributed by atoms with Gasteiger partial charge in [-0.25, -0.2) is 4.98 Å². The number of esters is 1. The molecule has 2 heterocycles. The van der Waals surface area contributed by atoms with E-state index in [1.54, 1.807) is 25.3 Å². The van der Waals surface area contributed by atoms with Crippen molar-refractivity contribution in [1.82, 2.24) is 4.98 Å². The van der Waals surface area contributed by atoms with Crippen LogP contribution in [0.25, 0.3) is 6.08 Å². The Labute approximate surface area is 219 Å². The number of allylic oxidation sites excluding steroid dienone is 2. The number of aliphatic hydroxyl groups excluding tert-OH is 2. The van der Waals surface area contributed by atoms with Gasteiger partial charge in [0.05, 0.1) is 34.7 Å². The number of hydrogen-bond donors (Lipinski definition) is 2. The standard InChI is InChI=1S/C27H36F3NO5S/c1-15-8-7-9-19(27(28,29)30)10-11-21(16(2)12-20-14-37-18(4)31-20)36-23(33)13-22(32)26(5,6)25(35)17(3)24(15)34/h7-8,10,12,14-15,17,21-22,24,32,34H,9,11,13H2,1-6H3/b8-7+,16-12+,19-10+/t15-,17+,21+,22-,24-/m0/s1. The Morgan fingerprint density at radius 1 is 1.24 bits per heavy atom. The summed E-state index contributed by atoms with van der Waals surface area (Å²) < 4.78 is 46.8. The number of aliphatic hydroxyl groups is 2. The number of halogens is 3. The van der Waals surface area contributed by atoms with Crippen LogP contribution in [0.1, 0.15) is 64.6 Å². The summed E-state index contributed by atoms with van der Waals surface area (Å²) >= 11 is 1.41. The van der Waals surface area contributed by atoms with Crippen LogP contribution in [0.5, 0.6) is 0 Å². The maximum absolute atomic E-state index is 13.8. The molecule has 0 unspecified atom stereocenters. The van der Waals surface area contributed by atoms with Crippen molar-refractivity contribution in [3.63, 3.8) is 0 Å².